The Morgan fingerprint density at radius 1 is 1.33 bits per heavy atom. The SMILES string of the molecule is CCCCc1c(C(=O)Nc2cc(C(C)(C)CC)no2)csc1CC. The second-order valence-corrected chi connectivity index (χ2v) is 7.74. The summed E-state index contributed by atoms with van der Waals surface area (Å²) < 4.78 is 5.32. The van der Waals surface area contributed by atoms with E-state index in [0.717, 1.165) is 43.4 Å². The minimum Gasteiger partial charge on any atom is -0.338 e. The molecule has 0 spiro atoms. The van der Waals surface area contributed by atoms with E-state index in [0.29, 0.717) is 5.88 Å². The summed E-state index contributed by atoms with van der Waals surface area (Å²) in [4.78, 5) is 14.0. The molecule has 0 bridgehead atoms. The summed E-state index contributed by atoms with van der Waals surface area (Å²) in [6.07, 6.45) is 5.10. The van der Waals surface area contributed by atoms with Gasteiger partial charge in [-0.2, -0.15) is 0 Å². The maximum absolute atomic E-state index is 12.7. The van der Waals surface area contributed by atoms with Crippen molar-refractivity contribution in [1.82, 2.24) is 5.16 Å². The molecule has 0 aromatic carbocycles. The molecule has 0 radical (unpaired) electrons. The molecule has 2 rings (SSSR count). The molecule has 5 heteroatoms. The Hall–Kier alpha value is -1.62. The Kier molecular flexibility index (Phi) is 6.21. The molecule has 132 valence electrons. The van der Waals surface area contributed by atoms with Gasteiger partial charge in [0.2, 0.25) is 5.88 Å². The van der Waals surface area contributed by atoms with E-state index in [9.17, 15) is 4.79 Å². The first-order valence-electron chi connectivity index (χ1n) is 8.80. The number of nitrogens with one attached hydrogen (secondary N) is 1. The summed E-state index contributed by atoms with van der Waals surface area (Å²) in [6.45, 7) is 10.7. The maximum Gasteiger partial charge on any atom is 0.259 e. The van der Waals surface area contributed by atoms with Crippen molar-refractivity contribution >= 4 is 23.1 Å². The fourth-order valence-electron chi connectivity index (χ4n) is 2.55. The van der Waals surface area contributed by atoms with E-state index in [1.165, 1.54) is 10.4 Å². The van der Waals surface area contributed by atoms with Crippen molar-refractivity contribution in [2.45, 2.75) is 72.1 Å². The standard InChI is InChI=1S/C19H28N2O2S/c1-6-9-10-13-14(12-24-15(13)7-2)18(22)20-17-11-16(21-23-17)19(4,5)8-3/h11-12H,6-10H2,1-5H3,(H,20,22). The van der Waals surface area contributed by atoms with Gasteiger partial charge in [0.15, 0.2) is 0 Å². The molecule has 0 saturated heterocycles. The lowest BCUT2D eigenvalue weighted by Gasteiger charge is -2.18. The van der Waals surface area contributed by atoms with Crippen molar-refractivity contribution in [1.29, 1.82) is 0 Å². The molecule has 0 unspecified atom stereocenters. The van der Waals surface area contributed by atoms with Crippen LogP contribution in [0.25, 0.3) is 0 Å². The number of nitrogens with zero attached hydrogens (tertiary/aromatic N) is 1. The minimum atomic E-state index is -0.103. The summed E-state index contributed by atoms with van der Waals surface area (Å²) in [6, 6.07) is 1.83. The quantitative estimate of drug-likeness (QED) is 0.677. The van der Waals surface area contributed by atoms with E-state index in [1.54, 1.807) is 11.3 Å². The number of hydrogen-bond donors (Lipinski definition) is 1. The fraction of sp³-hybridized carbons (Fsp3) is 0.579. The third-order valence-corrected chi connectivity index (χ3v) is 5.82. The molecule has 2 heterocycles. The van der Waals surface area contributed by atoms with Crippen LogP contribution in [0.2, 0.25) is 0 Å². The van der Waals surface area contributed by atoms with E-state index in [1.807, 2.05) is 11.4 Å². The number of hydrogen-bond acceptors (Lipinski definition) is 4. The van der Waals surface area contributed by atoms with Gasteiger partial charge in [0.05, 0.1) is 11.3 Å². The monoisotopic (exact) mass is 348 g/mol. The Morgan fingerprint density at radius 2 is 2.08 bits per heavy atom. The minimum absolute atomic E-state index is 0.0590. The zero-order valence-electron chi connectivity index (χ0n) is 15.4. The number of anilines is 1. The topological polar surface area (TPSA) is 55.1 Å². The lowest BCUT2D eigenvalue weighted by molar-refractivity contribution is 0.102. The second-order valence-electron chi connectivity index (χ2n) is 6.78. The Labute approximate surface area is 148 Å². The number of unbranched alkanes of at least 4 members (excludes halogenated alkanes) is 1. The lowest BCUT2D eigenvalue weighted by Crippen LogP contribution is -2.16. The lowest BCUT2D eigenvalue weighted by atomic mass is 9.87. The third kappa shape index (κ3) is 4.07. The second kappa shape index (κ2) is 7.97. The highest BCUT2D eigenvalue weighted by molar-refractivity contribution is 7.10. The van der Waals surface area contributed by atoms with Crippen LogP contribution in [0.15, 0.2) is 16.0 Å². The van der Waals surface area contributed by atoms with Crippen LogP contribution in [0.5, 0.6) is 0 Å². The third-order valence-electron chi connectivity index (χ3n) is 4.65. The van der Waals surface area contributed by atoms with Gasteiger partial charge in [-0.15, -0.1) is 11.3 Å². The van der Waals surface area contributed by atoms with E-state index < -0.39 is 0 Å². The largest absolute Gasteiger partial charge is 0.338 e. The highest BCUT2D eigenvalue weighted by Crippen LogP contribution is 2.29. The van der Waals surface area contributed by atoms with Crippen LogP contribution in [-0.4, -0.2) is 11.1 Å². The molecule has 0 saturated carbocycles. The molecular weight excluding hydrogens is 320 g/mol. The number of carbonyl (C=O) groups excluding carboxylic acids is 1. The molecule has 0 aliphatic heterocycles. The van der Waals surface area contributed by atoms with Crippen molar-refractivity contribution in [3.63, 3.8) is 0 Å². The van der Waals surface area contributed by atoms with Gasteiger partial charge in [0.1, 0.15) is 0 Å². The normalized spacial score (nSPS) is 11.7. The number of thiophene rings is 1. The van der Waals surface area contributed by atoms with Crippen molar-refractivity contribution in [2.24, 2.45) is 0 Å². The van der Waals surface area contributed by atoms with Gasteiger partial charge in [0.25, 0.3) is 5.91 Å². The molecule has 1 N–H and O–H groups in total. The van der Waals surface area contributed by atoms with Crippen LogP contribution in [0.3, 0.4) is 0 Å². The van der Waals surface area contributed by atoms with Gasteiger partial charge >= 0.3 is 0 Å². The van der Waals surface area contributed by atoms with E-state index >= 15 is 0 Å². The Morgan fingerprint density at radius 3 is 2.71 bits per heavy atom. The van der Waals surface area contributed by atoms with Gasteiger partial charge in [0, 0.05) is 21.7 Å². The molecule has 4 nitrogen and oxygen atoms in total. The average molecular weight is 349 g/mol. The Bertz CT molecular complexity index is 685. The number of aromatic nitrogens is 1. The van der Waals surface area contributed by atoms with E-state index in [-0.39, 0.29) is 11.3 Å². The van der Waals surface area contributed by atoms with Crippen LogP contribution in [0, 0.1) is 0 Å². The van der Waals surface area contributed by atoms with Crippen LogP contribution in [0.1, 0.15) is 80.4 Å². The zero-order chi connectivity index (χ0) is 17.7. The zero-order valence-corrected chi connectivity index (χ0v) is 16.2. The van der Waals surface area contributed by atoms with Gasteiger partial charge in [-0.25, -0.2) is 0 Å². The van der Waals surface area contributed by atoms with Crippen molar-refractivity contribution < 1.29 is 9.32 Å². The number of aryl methyl sites for hydroxylation is 1. The van der Waals surface area contributed by atoms with Gasteiger partial charge < -0.3 is 4.52 Å². The summed E-state index contributed by atoms with van der Waals surface area (Å²) in [5, 5.41) is 8.94. The highest BCUT2D eigenvalue weighted by atomic mass is 32.1. The Balaban J connectivity index is 2.17. The van der Waals surface area contributed by atoms with Crippen molar-refractivity contribution in [3.05, 3.63) is 33.1 Å². The molecule has 2 aromatic rings. The maximum atomic E-state index is 12.7. The molecule has 1 amide bonds. The van der Waals surface area contributed by atoms with Crippen LogP contribution < -0.4 is 5.32 Å². The first-order chi connectivity index (χ1) is 11.4. The predicted octanol–water partition coefficient (Wildman–Crippen LogP) is 5.58. The van der Waals surface area contributed by atoms with E-state index in [2.05, 4.69) is 45.1 Å². The van der Waals surface area contributed by atoms with Gasteiger partial charge in [-0.05, 0) is 31.2 Å². The number of rotatable bonds is 8. The number of amides is 1. The molecule has 0 aliphatic rings. The smallest absolute Gasteiger partial charge is 0.259 e. The van der Waals surface area contributed by atoms with Gasteiger partial charge in [-0.1, -0.05) is 46.2 Å². The van der Waals surface area contributed by atoms with Crippen molar-refractivity contribution in [2.75, 3.05) is 5.32 Å². The van der Waals surface area contributed by atoms with E-state index in [4.69, 9.17) is 4.52 Å². The molecule has 0 fully saturated rings. The summed E-state index contributed by atoms with van der Waals surface area (Å²) >= 11 is 1.67. The molecule has 0 atom stereocenters. The number of carbonyl (C=O) groups is 1. The fourth-order valence-corrected chi connectivity index (χ4v) is 3.58. The summed E-state index contributed by atoms with van der Waals surface area (Å²) in [5.74, 6) is 0.316. The molecule has 2 aromatic heterocycles. The summed E-state index contributed by atoms with van der Waals surface area (Å²) in [5.41, 5.74) is 2.77. The van der Waals surface area contributed by atoms with Crippen LogP contribution >= 0.6 is 11.3 Å². The van der Waals surface area contributed by atoms with Crippen molar-refractivity contribution in [3.8, 4) is 0 Å². The molecule has 24 heavy (non-hydrogen) atoms. The molecular formula is C19H28N2O2S. The molecule has 0 aliphatic carbocycles. The summed E-state index contributed by atoms with van der Waals surface area (Å²) in [7, 11) is 0. The van der Waals surface area contributed by atoms with Crippen LogP contribution in [-0.2, 0) is 18.3 Å². The average Bonchev–Trinajstić information content (AvgIpc) is 3.19. The predicted molar refractivity (Wildman–Crippen MR) is 100 cm³/mol. The van der Waals surface area contributed by atoms with Gasteiger partial charge in [-0.3, -0.25) is 10.1 Å². The first kappa shape index (κ1) is 18.7. The highest BCUT2D eigenvalue weighted by Gasteiger charge is 2.24. The van der Waals surface area contributed by atoms with Crippen LogP contribution in [0.4, 0.5) is 5.88 Å². The first-order valence-corrected chi connectivity index (χ1v) is 9.68.